The Morgan fingerprint density at radius 2 is 0.809 bits per heavy atom. The summed E-state index contributed by atoms with van der Waals surface area (Å²) < 4.78 is 16.7. The van der Waals surface area contributed by atoms with E-state index in [0.29, 0.717) is 19.4 Å². The molecule has 1 heterocycles. The zero-order valence-electron chi connectivity index (χ0n) is 57.9. The number of hydrogen-bond donors (Lipinski definition) is 6. The van der Waals surface area contributed by atoms with E-state index in [1.54, 1.807) is 6.08 Å². The molecular formula is C78H143NO10. The van der Waals surface area contributed by atoms with Gasteiger partial charge in [0.1, 0.15) is 24.4 Å². The van der Waals surface area contributed by atoms with E-state index in [0.717, 1.165) is 64.2 Å². The fourth-order valence-electron chi connectivity index (χ4n) is 12.0. The van der Waals surface area contributed by atoms with Crippen LogP contribution in [0.25, 0.3) is 0 Å². The van der Waals surface area contributed by atoms with Gasteiger partial charge in [-0.3, -0.25) is 9.59 Å². The van der Waals surface area contributed by atoms with E-state index >= 15 is 0 Å². The van der Waals surface area contributed by atoms with Crippen LogP contribution in [0.1, 0.15) is 361 Å². The maximum Gasteiger partial charge on any atom is 0.305 e. The van der Waals surface area contributed by atoms with Gasteiger partial charge in [0, 0.05) is 12.8 Å². The van der Waals surface area contributed by atoms with E-state index in [4.69, 9.17) is 14.2 Å². The fourth-order valence-corrected chi connectivity index (χ4v) is 12.0. The van der Waals surface area contributed by atoms with Crippen molar-refractivity contribution in [2.45, 2.75) is 403 Å². The van der Waals surface area contributed by atoms with E-state index in [9.17, 15) is 35.1 Å². The summed E-state index contributed by atoms with van der Waals surface area (Å²) in [7, 11) is 0. The monoisotopic (exact) mass is 1250 g/mol. The molecule has 0 spiro atoms. The van der Waals surface area contributed by atoms with Crippen LogP contribution in [0, 0.1) is 0 Å². The minimum absolute atomic E-state index is 0.0114. The van der Waals surface area contributed by atoms with Crippen molar-refractivity contribution in [3.63, 3.8) is 0 Å². The van der Waals surface area contributed by atoms with Crippen LogP contribution in [-0.4, -0.2) is 100 Å². The second-order valence-corrected chi connectivity index (χ2v) is 26.4. The van der Waals surface area contributed by atoms with E-state index in [1.807, 2.05) is 19.1 Å². The SMILES string of the molecule is C/C=C/CC/C=C/CC/C=C/C(O)C(COC1OC(CO)C(O)C(O)C1O)NC(=O)CCCCCCCCCCCCCCCCCCC/C=C\C/C=C\CCCCCCCCCCCOC(=O)CCCCCCCCCCCCCCCCCCCCC. The van der Waals surface area contributed by atoms with Gasteiger partial charge in [0.15, 0.2) is 6.29 Å². The first-order chi connectivity index (χ1) is 43.7. The molecule has 6 N–H and O–H groups in total. The average molecular weight is 1250 g/mol. The quantitative estimate of drug-likeness (QED) is 0.0195. The lowest BCUT2D eigenvalue weighted by Crippen LogP contribution is -2.60. The molecule has 1 aliphatic heterocycles. The summed E-state index contributed by atoms with van der Waals surface area (Å²) in [5.74, 6) is -0.186. The van der Waals surface area contributed by atoms with Gasteiger partial charge in [-0.15, -0.1) is 0 Å². The van der Waals surface area contributed by atoms with Gasteiger partial charge in [0.05, 0.1) is 32.0 Å². The molecule has 1 amide bonds. The van der Waals surface area contributed by atoms with Crippen LogP contribution < -0.4 is 5.32 Å². The van der Waals surface area contributed by atoms with Crippen LogP contribution in [-0.2, 0) is 23.8 Å². The van der Waals surface area contributed by atoms with Gasteiger partial charge in [-0.2, -0.15) is 0 Å². The molecule has 1 aliphatic rings. The molecule has 0 saturated carbocycles. The highest BCUT2D eigenvalue weighted by atomic mass is 16.7. The van der Waals surface area contributed by atoms with Gasteiger partial charge >= 0.3 is 5.97 Å². The van der Waals surface area contributed by atoms with Crippen LogP contribution >= 0.6 is 0 Å². The highest BCUT2D eigenvalue weighted by Gasteiger charge is 2.44. The molecule has 7 atom stereocenters. The predicted octanol–water partition coefficient (Wildman–Crippen LogP) is 20.1. The first kappa shape index (κ1) is 84.4. The molecular weight excluding hydrogens is 1110 g/mol. The van der Waals surface area contributed by atoms with Crippen molar-refractivity contribution in [3.8, 4) is 0 Å². The Morgan fingerprint density at radius 3 is 1.24 bits per heavy atom. The maximum atomic E-state index is 13.0. The van der Waals surface area contributed by atoms with Crippen LogP contribution in [0.4, 0.5) is 0 Å². The third-order valence-corrected chi connectivity index (χ3v) is 17.9. The number of allylic oxidation sites excluding steroid dienone is 9. The van der Waals surface area contributed by atoms with Gasteiger partial charge < -0.3 is 45.1 Å². The summed E-state index contributed by atoms with van der Waals surface area (Å²) in [6.45, 7) is 4.12. The van der Waals surface area contributed by atoms with Crippen molar-refractivity contribution in [1.29, 1.82) is 0 Å². The van der Waals surface area contributed by atoms with Crippen molar-refractivity contribution in [2.75, 3.05) is 19.8 Å². The number of unbranched alkanes of at least 4 members (excludes halogenated alkanes) is 46. The van der Waals surface area contributed by atoms with E-state index in [2.05, 4.69) is 54.8 Å². The van der Waals surface area contributed by atoms with Crippen LogP contribution in [0.2, 0.25) is 0 Å². The molecule has 0 aliphatic carbocycles. The van der Waals surface area contributed by atoms with Gasteiger partial charge in [0.2, 0.25) is 5.91 Å². The van der Waals surface area contributed by atoms with Crippen LogP contribution in [0.5, 0.6) is 0 Å². The van der Waals surface area contributed by atoms with Crippen LogP contribution in [0.15, 0.2) is 60.8 Å². The molecule has 0 aromatic heterocycles. The van der Waals surface area contributed by atoms with Gasteiger partial charge in [-0.1, -0.05) is 325 Å². The van der Waals surface area contributed by atoms with Crippen molar-refractivity contribution in [3.05, 3.63) is 60.8 Å². The number of esters is 1. The van der Waals surface area contributed by atoms with Gasteiger partial charge in [-0.05, 0) is 84.0 Å². The van der Waals surface area contributed by atoms with E-state index in [1.165, 1.54) is 270 Å². The van der Waals surface area contributed by atoms with Crippen molar-refractivity contribution in [2.24, 2.45) is 0 Å². The van der Waals surface area contributed by atoms with Gasteiger partial charge in [-0.25, -0.2) is 0 Å². The predicted molar refractivity (Wildman–Crippen MR) is 375 cm³/mol. The number of ether oxygens (including phenoxy) is 3. The molecule has 89 heavy (non-hydrogen) atoms. The number of hydrogen-bond acceptors (Lipinski definition) is 10. The molecule has 1 saturated heterocycles. The number of carbonyl (C=O) groups excluding carboxylic acids is 2. The molecule has 0 aromatic carbocycles. The number of carbonyl (C=O) groups is 2. The number of nitrogens with one attached hydrogen (secondary N) is 1. The molecule has 0 bridgehead atoms. The standard InChI is InChI=1S/C78H143NO10/c1-3-5-7-9-11-13-14-15-16-17-33-37-40-43-46-50-54-58-62-66-74(83)87-67-63-59-55-51-47-44-41-38-35-32-30-28-26-24-22-20-18-19-21-23-25-27-29-31-34-36-39-42-45-49-53-57-61-65-73(82)79-70(71(81)64-60-56-52-48-12-10-8-6-4-2)69-88-78-77(86)76(85)75(84)72(68-80)89-78/h4,6,12,22,24,28,30,48,60,64,70-72,75-78,80-81,84-86H,3,5,7-11,13-21,23,25-27,29,31-47,49-59,61-63,65-69H2,1-2H3,(H,79,82)/b6-4+,24-22-,30-28-,48-12+,64-60+. The zero-order chi connectivity index (χ0) is 64.4. The number of aliphatic hydroxyl groups is 5. The Hall–Kier alpha value is -2.64. The smallest absolute Gasteiger partial charge is 0.305 e. The summed E-state index contributed by atoms with van der Waals surface area (Å²) in [5.41, 5.74) is 0. The normalized spacial score (nSPS) is 18.0. The summed E-state index contributed by atoms with van der Waals surface area (Å²) in [6, 6.07) is -0.833. The third-order valence-electron chi connectivity index (χ3n) is 17.9. The molecule has 520 valence electrons. The summed E-state index contributed by atoms with van der Waals surface area (Å²) in [6.07, 6.45) is 80.0. The summed E-state index contributed by atoms with van der Waals surface area (Å²) in [5, 5.41) is 54.2. The molecule has 1 rings (SSSR count). The topological polar surface area (TPSA) is 175 Å². The highest BCUT2D eigenvalue weighted by Crippen LogP contribution is 2.23. The Balaban J connectivity index is 1.88. The maximum absolute atomic E-state index is 13.0. The largest absolute Gasteiger partial charge is 0.466 e. The number of aliphatic hydroxyl groups excluding tert-OH is 5. The van der Waals surface area contributed by atoms with Gasteiger partial charge in [0.25, 0.3) is 0 Å². The molecule has 11 nitrogen and oxygen atoms in total. The number of rotatable bonds is 67. The Labute approximate surface area is 548 Å². The molecule has 7 unspecified atom stereocenters. The molecule has 1 fully saturated rings. The fraction of sp³-hybridized carbons (Fsp3) is 0.846. The molecule has 11 heteroatoms. The zero-order valence-corrected chi connectivity index (χ0v) is 57.9. The van der Waals surface area contributed by atoms with E-state index < -0.39 is 49.5 Å². The Bertz CT molecular complexity index is 1660. The third kappa shape index (κ3) is 55.5. The minimum atomic E-state index is -1.58. The lowest BCUT2D eigenvalue weighted by molar-refractivity contribution is -0.302. The van der Waals surface area contributed by atoms with Crippen molar-refractivity contribution >= 4 is 11.9 Å². The highest BCUT2D eigenvalue weighted by molar-refractivity contribution is 5.76. The lowest BCUT2D eigenvalue weighted by atomic mass is 9.99. The minimum Gasteiger partial charge on any atom is -0.466 e. The first-order valence-corrected chi connectivity index (χ1v) is 38.0. The Kier molecular flexibility index (Phi) is 63.3. The van der Waals surface area contributed by atoms with Crippen LogP contribution in [0.3, 0.4) is 0 Å². The molecule has 0 aromatic rings. The lowest BCUT2D eigenvalue weighted by Gasteiger charge is -2.40. The van der Waals surface area contributed by atoms with Crippen molar-refractivity contribution in [1.82, 2.24) is 5.32 Å². The van der Waals surface area contributed by atoms with Crippen molar-refractivity contribution < 1.29 is 49.3 Å². The Morgan fingerprint density at radius 1 is 0.438 bits per heavy atom. The van der Waals surface area contributed by atoms with E-state index in [-0.39, 0.29) is 18.5 Å². The number of amides is 1. The second kappa shape index (κ2) is 66.8. The average Bonchev–Trinajstić information content (AvgIpc) is 2.40. The first-order valence-electron chi connectivity index (χ1n) is 38.0. The summed E-state index contributed by atoms with van der Waals surface area (Å²) in [4.78, 5) is 25.1. The molecule has 0 radical (unpaired) electrons. The summed E-state index contributed by atoms with van der Waals surface area (Å²) >= 11 is 0. The second-order valence-electron chi connectivity index (χ2n) is 26.4.